The lowest BCUT2D eigenvalue weighted by Gasteiger charge is -2.07. The summed E-state index contributed by atoms with van der Waals surface area (Å²) in [6, 6.07) is 10.6. The Hall–Kier alpha value is -3.28. The molecule has 0 unspecified atom stereocenters. The smallest absolute Gasteiger partial charge is 0.255 e. The molecule has 0 radical (unpaired) electrons. The standard InChI is InChI=1S/C20H19NO5/c1-3-24-14-6-4-13(5-7-14)9-17-20(23)19-12(2)8-15(10-16(19)26-17)25-11-18(21)22/h4-10H,3,11H2,1-2H3,(H2,21,22)/b17-9-. The second-order valence-corrected chi connectivity index (χ2v) is 5.81. The first-order chi connectivity index (χ1) is 12.5. The zero-order valence-electron chi connectivity index (χ0n) is 14.6. The highest BCUT2D eigenvalue weighted by Crippen LogP contribution is 2.37. The minimum atomic E-state index is -0.573. The summed E-state index contributed by atoms with van der Waals surface area (Å²) in [5.74, 6) is 1.08. The third kappa shape index (κ3) is 3.69. The first-order valence-electron chi connectivity index (χ1n) is 8.20. The number of benzene rings is 2. The van der Waals surface area contributed by atoms with Gasteiger partial charge >= 0.3 is 0 Å². The molecule has 0 bridgehead atoms. The van der Waals surface area contributed by atoms with Crippen LogP contribution in [0.1, 0.15) is 28.4 Å². The number of hydrogen-bond donors (Lipinski definition) is 1. The first kappa shape index (κ1) is 17.5. The second kappa shape index (κ2) is 7.31. The monoisotopic (exact) mass is 353 g/mol. The highest BCUT2D eigenvalue weighted by Gasteiger charge is 2.30. The van der Waals surface area contributed by atoms with Gasteiger partial charge in [0.25, 0.3) is 5.91 Å². The van der Waals surface area contributed by atoms with Crippen molar-refractivity contribution >= 4 is 17.8 Å². The van der Waals surface area contributed by atoms with E-state index >= 15 is 0 Å². The Morgan fingerprint density at radius 3 is 2.54 bits per heavy atom. The number of hydrogen-bond acceptors (Lipinski definition) is 5. The summed E-state index contributed by atoms with van der Waals surface area (Å²) in [5.41, 5.74) is 7.11. The minimum Gasteiger partial charge on any atom is -0.494 e. The van der Waals surface area contributed by atoms with Crippen molar-refractivity contribution in [2.24, 2.45) is 5.73 Å². The van der Waals surface area contributed by atoms with Crippen LogP contribution in [-0.4, -0.2) is 24.9 Å². The number of Topliss-reactive ketones (excluding diaryl/α,β-unsaturated/α-hetero) is 1. The molecule has 134 valence electrons. The van der Waals surface area contributed by atoms with E-state index in [1.807, 2.05) is 31.2 Å². The van der Waals surface area contributed by atoms with Crippen LogP contribution in [0.2, 0.25) is 0 Å². The van der Waals surface area contributed by atoms with E-state index in [-0.39, 0.29) is 18.1 Å². The Bertz CT molecular complexity index is 884. The van der Waals surface area contributed by atoms with Gasteiger partial charge in [-0.1, -0.05) is 12.1 Å². The van der Waals surface area contributed by atoms with Crippen LogP contribution >= 0.6 is 0 Å². The lowest BCUT2D eigenvalue weighted by Crippen LogP contribution is -2.20. The number of carbonyl (C=O) groups excluding carboxylic acids is 2. The molecule has 0 aromatic heterocycles. The fourth-order valence-corrected chi connectivity index (χ4v) is 2.69. The molecule has 2 aromatic rings. The maximum Gasteiger partial charge on any atom is 0.255 e. The summed E-state index contributed by atoms with van der Waals surface area (Å²) in [4.78, 5) is 23.5. The number of fused-ring (bicyclic) bond motifs is 1. The average Bonchev–Trinajstić information content (AvgIpc) is 2.91. The zero-order valence-corrected chi connectivity index (χ0v) is 14.6. The van der Waals surface area contributed by atoms with Gasteiger partial charge in [0, 0.05) is 6.07 Å². The maximum absolute atomic E-state index is 12.6. The quantitative estimate of drug-likeness (QED) is 0.807. The van der Waals surface area contributed by atoms with E-state index in [1.165, 1.54) is 0 Å². The Balaban J connectivity index is 1.84. The Kier molecular flexibility index (Phi) is 4.93. The van der Waals surface area contributed by atoms with E-state index in [2.05, 4.69) is 0 Å². The number of nitrogens with two attached hydrogens (primary N) is 1. The largest absolute Gasteiger partial charge is 0.494 e. The summed E-state index contributed by atoms with van der Waals surface area (Å²) < 4.78 is 16.4. The predicted molar refractivity (Wildman–Crippen MR) is 96.4 cm³/mol. The van der Waals surface area contributed by atoms with E-state index in [0.29, 0.717) is 29.2 Å². The molecule has 1 heterocycles. The molecule has 0 fully saturated rings. The van der Waals surface area contributed by atoms with Crippen molar-refractivity contribution < 1.29 is 23.8 Å². The Morgan fingerprint density at radius 1 is 1.15 bits per heavy atom. The minimum absolute atomic E-state index is 0.187. The average molecular weight is 353 g/mol. The van der Waals surface area contributed by atoms with Crippen LogP contribution in [0.4, 0.5) is 0 Å². The first-order valence-corrected chi connectivity index (χ1v) is 8.20. The highest BCUT2D eigenvalue weighted by atomic mass is 16.5. The van der Waals surface area contributed by atoms with Gasteiger partial charge in [-0.25, -0.2) is 0 Å². The molecule has 6 heteroatoms. The van der Waals surface area contributed by atoms with Crippen LogP contribution in [0.15, 0.2) is 42.2 Å². The molecule has 2 aromatic carbocycles. The lowest BCUT2D eigenvalue weighted by atomic mass is 10.0. The van der Waals surface area contributed by atoms with E-state index in [1.54, 1.807) is 25.1 Å². The highest BCUT2D eigenvalue weighted by molar-refractivity contribution is 6.15. The van der Waals surface area contributed by atoms with Crippen molar-refractivity contribution in [3.8, 4) is 17.2 Å². The molecule has 0 aliphatic carbocycles. The molecular weight excluding hydrogens is 334 g/mol. The van der Waals surface area contributed by atoms with Gasteiger partial charge in [0.1, 0.15) is 17.2 Å². The normalized spacial score (nSPS) is 14.1. The number of carbonyl (C=O) groups is 2. The summed E-state index contributed by atoms with van der Waals surface area (Å²) in [6.45, 7) is 4.07. The van der Waals surface area contributed by atoms with E-state index in [4.69, 9.17) is 19.9 Å². The van der Waals surface area contributed by atoms with Crippen LogP contribution in [0.3, 0.4) is 0 Å². The van der Waals surface area contributed by atoms with Gasteiger partial charge < -0.3 is 19.9 Å². The third-order valence-corrected chi connectivity index (χ3v) is 3.81. The van der Waals surface area contributed by atoms with Crippen molar-refractivity contribution in [1.82, 2.24) is 0 Å². The molecule has 2 N–H and O–H groups in total. The van der Waals surface area contributed by atoms with Crippen LogP contribution in [0.5, 0.6) is 17.2 Å². The van der Waals surface area contributed by atoms with Gasteiger partial charge in [0.2, 0.25) is 5.78 Å². The van der Waals surface area contributed by atoms with Crippen LogP contribution in [-0.2, 0) is 4.79 Å². The van der Waals surface area contributed by atoms with Gasteiger partial charge in [0.15, 0.2) is 12.4 Å². The molecule has 26 heavy (non-hydrogen) atoms. The fraction of sp³-hybridized carbons (Fsp3) is 0.200. The molecule has 6 nitrogen and oxygen atoms in total. The summed E-state index contributed by atoms with van der Waals surface area (Å²) >= 11 is 0. The van der Waals surface area contributed by atoms with Crippen LogP contribution in [0.25, 0.3) is 6.08 Å². The molecule has 0 atom stereocenters. The van der Waals surface area contributed by atoms with Crippen molar-refractivity contribution in [3.63, 3.8) is 0 Å². The van der Waals surface area contributed by atoms with Crippen molar-refractivity contribution in [1.29, 1.82) is 0 Å². The summed E-state index contributed by atoms with van der Waals surface area (Å²) in [7, 11) is 0. The molecule has 1 amide bonds. The van der Waals surface area contributed by atoms with Gasteiger partial charge in [0.05, 0.1) is 12.2 Å². The van der Waals surface area contributed by atoms with E-state index < -0.39 is 5.91 Å². The number of amides is 1. The Labute approximate surface area is 151 Å². The summed E-state index contributed by atoms with van der Waals surface area (Å²) in [5, 5.41) is 0. The fourth-order valence-electron chi connectivity index (χ4n) is 2.69. The molecular formula is C20H19NO5. The predicted octanol–water partition coefficient (Wildman–Crippen LogP) is 2.87. The molecule has 1 aliphatic rings. The molecule has 0 saturated heterocycles. The van der Waals surface area contributed by atoms with Crippen molar-refractivity contribution in [3.05, 3.63) is 58.8 Å². The molecule has 0 saturated carbocycles. The van der Waals surface area contributed by atoms with Gasteiger partial charge in [-0.3, -0.25) is 9.59 Å². The molecule has 0 spiro atoms. The maximum atomic E-state index is 12.6. The zero-order chi connectivity index (χ0) is 18.7. The van der Waals surface area contributed by atoms with Gasteiger partial charge in [-0.15, -0.1) is 0 Å². The topological polar surface area (TPSA) is 87.8 Å². The van der Waals surface area contributed by atoms with E-state index in [9.17, 15) is 9.59 Å². The number of primary amides is 1. The number of ketones is 1. The second-order valence-electron chi connectivity index (χ2n) is 5.81. The number of aryl methyl sites for hydroxylation is 1. The number of allylic oxidation sites excluding steroid dienone is 1. The molecule has 1 aliphatic heterocycles. The Morgan fingerprint density at radius 2 is 1.88 bits per heavy atom. The van der Waals surface area contributed by atoms with Gasteiger partial charge in [-0.2, -0.15) is 0 Å². The van der Waals surface area contributed by atoms with Crippen molar-refractivity contribution in [2.45, 2.75) is 13.8 Å². The number of ether oxygens (including phenoxy) is 3. The van der Waals surface area contributed by atoms with Crippen LogP contribution < -0.4 is 19.9 Å². The van der Waals surface area contributed by atoms with E-state index in [0.717, 1.165) is 11.3 Å². The molecule has 3 rings (SSSR count). The third-order valence-electron chi connectivity index (χ3n) is 3.81. The van der Waals surface area contributed by atoms with Crippen molar-refractivity contribution in [2.75, 3.05) is 13.2 Å². The summed E-state index contributed by atoms with van der Waals surface area (Å²) in [6.07, 6.45) is 1.68. The lowest BCUT2D eigenvalue weighted by molar-refractivity contribution is -0.119. The van der Waals surface area contributed by atoms with Crippen LogP contribution in [0, 0.1) is 6.92 Å². The number of rotatable bonds is 6. The SMILES string of the molecule is CCOc1ccc(/C=C2\Oc3cc(OCC(N)=O)cc(C)c3C2=O)cc1. The van der Waals surface area contributed by atoms with Gasteiger partial charge in [-0.05, 0) is 49.2 Å².